The first-order valence-electron chi connectivity index (χ1n) is 6.48. The zero-order chi connectivity index (χ0) is 14.7. The smallest absolute Gasteiger partial charge is 0.225 e. The molecule has 0 aliphatic carbocycles. The minimum absolute atomic E-state index is 0.101. The number of anilines is 2. The molecule has 0 saturated heterocycles. The van der Waals surface area contributed by atoms with Crippen molar-refractivity contribution in [1.29, 1.82) is 0 Å². The molecule has 8 nitrogen and oxygen atoms in total. The third-order valence-electron chi connectivity index (χ3n) is 3.03. The molecule has 2 rings (SSSR count). The third kappa shape index (κ3) is 2.85. The number of nitrogens with one attached hydrogen (secondary N) is 1. The molecule has 20 heavy (non-hydrogen) atoms. The van der Waals surface area contributed by atoms with Crippen LogP contribution in [0.5, 0.6) is 0 Å². The number of hydrogen-bond donors (Lipinski definition) is 4. The molecule has 6 N–H and O–H groups in total. The maximum absolute atomic E-state index is 9.17. The van der Waals surface area contributed by atoms with E-state index < -0.39 is 0 Å². The van der Waals surface area contributed by atoms with E-state index in [9.17, 15) is 5.11 Å². The van der Waals surface area contributed by atoms with Crippen LogP contribution in [0.25, 0.3) is 0 Å². The van der Waals surface area contributed by atoms with Gasteiger partial charge in [-0.25, -0.2) is 4.98 Å². The highest BCUT2D eigenvalue weighted by Gasteiger charge is 2.23. The summed E-state index contributed by atoms with van der Waals surface area (Å²) in [5.74, 6) is 1.11. The number of aryl methyl sites for hydroxylation is 1. The standard InChI is InChI=1S/C12H19N7O/c1-3-4-7(9-6(2)15-8(5-20)16-9)10-17-11(13)19-12(14)18-10/h7,20H,3-5H2,1-2H3,(H,15,16)(H4,13,14,17,18,19). The molecule has 108 valence electrons. The van der Waals surface area contributed by atoms with Crippen molar-refractivity contribution in [3.05, 3.63) is 23.0 Å². The molecule has 0 aromatic carbocycles. The number of H-pyrrole nitrogens is 1. The van der Waals surface area contributed by atoms with E-state index in [1.807, 2.05) is 6.92 Å². The second-order valence-corrected chi connectivity index (χ2v) is 4.60. The van der Waals surface area contributed by atoms with E-state index in [-0.39, 0.29) is 24.4 Å². The highest BCUT2D eigenvalue weighted by Crippen LogP contribution is 2.28. The van der Waals surface area contributed by atoms with Gasteiger partial charge in [0.25, 0.3) is 0 Å². The van der Waals surface area contributed by atoms with Crippen LogP contribution < -0.4 is 11.5 Å². The monoisotopic (exact) mass is 277 g/mol. The molecule has 1 unspecified atom stereocenters. The Morgan fingerprint density at radius 2 is 1.80 bits per heavy atom. The number of aromatic nitrogens is 5. The van der Waals surface area contributed by atoms with Gasteiger partial charge in [0.1, 0.15) is 18.3 Å². The minimum Gasteiger partial charge on any atom is -0.388 e. The van der Waals surface area contributed by atoms with Crippen LogP contribution in [0, 0.1) is 6.92 Å². The molecule has 1 atom stereocenters. The molecular formula is C12H19N7O. The molecular weight excluding hydrogens is 258 g/mol. The van der Waals surface area contributed by atoms with Crippen molar-refractivity contribution in [2.24, 2.45) is 0 Å². The number of imidazole rings is 1. The first-order chi connectivity index (χ1) is 9.55. The van der Waals surface area contributed by atoms with Gasteiger partial charge in [-0.3, -0.25) is 0 Å². The third-order valence-corrected chi connectivity index (χ3v) is 3.03. The Morgan fingerprint density at radius 1 is 1.15 bits per heavy atom. The van der Waals surface area contributed by atoms with Crippen molar-refractivity contribution in [2.45, 2.75) is 39.2 Å². The fourth-order valence-corrected chi connectivity index (χ4v) is 2.21. The van der Waals surface area contributed by atoms with E-state index in [0.29, 0.717) is 11.6 Å². The molecule has 0 saturated carbocycles. The Morgan fingerprint density at radius 3 is 2.30 bits per heavy atom. The zero-order valence-electron chi connectivity index (χ0n) is 11.6. The Labute approximate surface area is 116 Å². The summed E-state index contributed by atoms with van der Waals surface area (Å²) in [6, 6.07) is 0. The van der Waals surface area contributed by atoms with Crippen LogP contribution in [0.4, 0.5) is 11.9 Å². The van der Waals surface area contributed by atoms with Crippen molar-refractivity contribution < 1.29 is 5.11 Å². The lowest BCUT2D eigenvalue weighted by atomic mass is 9.97. The van der Waals surface area contributed by atoms with Crippen molar-refractivity contribution in [3.63, 3.8) is 0 Å². The Bertz CT molecular complexity index is 575. The van der Waals surface area contributed by atoms with Crippen LogP contribution in [-0.2, 0) is 6.61 Å². The Balaban J connectivity index is 2.46. The minimum atomic E-state index is -0.138. The number of nitrogens with zero attached hydrogens (tertiary/aromatic N) is 4. The van der Waals surface area contributed by atoms with E-state index in [0.717, 1.165) is 24.2 Å². The lowest BCUT2D eigenvalue weighted by Gasteiger charge is -2.14. The maximum Gasteiger partial charge on any atom is 0.225 e. The molecule has 0 bridgehead atoms. The van der Waals surface area contributed by atoms with Gasteiger partial charge in [-0.05, 0) is 13.3 Å². The summed E-state index contributed by atoms with van der Waals surface area (Å²) in [7, 11) is 0. The Kier molecular flexibility index (Phi) is 4.14. The van der Waals surface area contributed by atoms with Crippen LogP contribution in [0.1, 0.15) is 48.7 Å². The van der Waals surface area contributed by atoms with Crippen LogP contribution in [0.15, 0.2) is 0 Å². The van der Waals surface area contributed by atoms with Crippen molar-refractivity contribution in [2.75, 3.05) is 11.5 Å². The first-order valence-corrected chi connectivity index (χ1v) is 6.48. The van der Waals surface area contributed by atoms with Crippen LogP contribution in [0.2, 0.25) is 0 Å². The van der Waals surface area contributed by atoms with Crippen LogP contribution in [-0.4, -0.2) is 30.0 Å². The number of nitrogen functional groups attached to an aromatic ring is 2. The summed E-state index contributed by atoms with van der Waals surface area (Å²) in [4.78, 5) is 19.5. The largest absolute Gasteiger partial charge is 0.388 e. The average Bonchev–Trinajstić information content (AvgIpc) is 2.76. The predicted molar refractivity (Wildman–Crippen MR) is 74.7 cm³/mol. The van der Waals surface area contributed by atoms with Gasteiger partial charge in [0.05, 0.1) is 11.6 Å². The van der Waals surface area contributed by atoms with E-state index in [2.05, 4.69) is 31.8 Å². The topological polar surface area (TPSA) is 140 Å². The highest BCUT2D eigenvalue weighted by molar-refractivity contribution is 5.31. The lowest BCUT2D eigenvalue weighted by Crippen LogP contribution is -2.13. The van der Waals surface area contributed by atoms with E-state index >= 15 is 0 Å². The summed E-state index contributed by atoms with van der Waals surface area (Å²) >= 11 is 0. The van der Waals surface area contributed by atoms with Crippen LogP contribution >= 0.6 is 0 Å². The number of aliphatic hydroxyl groups is 1. The second kappa shape index (κ2) is 5.83. The average molecular weight is 277 g/mol. The number of nitrogens with two attached hydrogens (primary N) is 2. The van der Waals surface area contributed by atoms with E-state index in [4.69, 9.17) is 11.5 Å². The highest BCUT2D eigenvalue weighted by atomic mass is 16.3. The van der Waals surface area contributed by atoms with Gasteiger partial charge in [-0.15, -0.1) is 0 Å². The van der Waals surface area contributed by atoms with Gasteiger partial charge in [-0.2, -0.15) is 15.0 Å². The van der Waals surface area contributed by atoms with Gasteiger partial charge in [0.15, 0.2) is 0 Å². The summed E-state index contributed by atoms with van der Waals surface area (Å²) < 4.78 is 0. The molecule has 2 aromatic rings. The van der Waals surface area contributed by atoms with Gasteiger partial charge in [0.2, 0.25) is 11.9 Å². The van der Waals surface area contributed by atoms with Crippen molar-refractivity contribution in [3.8, 4) is 0 Å². The summed E-state index contributed by atoms with van der Waals surface area (Å²) in [6.07, 6.45) is 1.73. The molecule has 0 amide bonds. The van der Waals surface area contributed by atoms with Crippen molar-refractivity contribution >= 4 is 11.9 Å². The fourth-order valence-electron chi connectivity index (χ4n) is 2.21. The van der Waals surface area contributed by atoms with E-state index in [1.165, 1.54) is 0 Å². The SMILES string of the molecule is CCCC(c1nc(N)nc(N)n1)c1nc(CO)[nH]c1C. The molecule has 2 heterocycles. The zero-order valence-corrected chi connectivity index (χ0v) is 11.6. The normalized spacial score (nSPS) is 12.6. The number of rotatable bonds is 5. The molecule has 0 spiro atoms. The molecule has 0 radical (unpaired) electrons. The molecule has 8 heteroatoms. The van der Waals surface area contributed by atoms with E-state index in [1.54, 1.807) is 0 Å². The molecule has 0 aliphatic heterocycles. The first kappa shape index (κ1) is 14.2. The van der Waals surface area contributed by atoms with Crippen LogP contribution in [0.3, 0.4) is 0 Å². The fraction of sp³-hybridized carbons (Fsp3) is 0.500. The molecule has 0 aliphatic rings. The summed E-state index contributed by atoms with van der Waals surface area (Å²) in [5, 5.41) is 9.17. The second-order valence-electron chi connectivity index (χ2n) is 4.60. The maximum atomic E-state index is 9.17. The summed E-state index contributed by atoms with van der Waals surface area (Å²) in [5.41, 5.74) is 12.9. The van der Waals surface area contributed by atoms with Gasteiger partial charge >= 0.3 is 0 Å². The van der Waals surface area contributed by atoms with Gasteiger partial charge in [0, 0.05) is 5.69 Å². The number of hydrogen-bond acceptors (Lipinski definition) is 7. The summed E-state index contributed by atoms with van der Waals surface area (Å²) in [6.45, 7) is 3.83. The number of aromatic amines is 1. The predicted octanol–water partition coefficient (Wildman–Crippen LogP) is 0.492. The molecule has 2 aromatic heterocycles. The quantitative estimate of drug-likeness (QED) is 0.623. The Hall–Kier alpha value is -2.22. The number of aliphatic hydroxyl groups excluding tert-OH is 1. The van der Waals surface area contributed by atoms with Gasteiger partial charge in [-0.1, -0.05) is 13.3 Å². The molecule has 0 fully saturated rings. The van der Waals surface area contributed by atoms with Crippen molar-refractivity contribution in [1.82, 2.24) is 24.9 Å². The van der Waals surface area contributed by atoms with Gasteiger partial charge < -0.3 is 21.6 Å². The lowest BCUT2D eigenvalue weighted by molar-refractivity contribution is 0.272.